The molecule has 0 spiro atoms. The molecule has 0 radical (unpaired) electrons. The van der Waals surface area contributed by atoms with Gasteiger partial charge in [0.15, 0.2) is 11.2 Å². The Morgan fingerprint density at radius 1 is 1.17 bits per heavy atom. The molecule has 2 aromatic heterocycles. The number of nitrogens with zero attached hydrogens (tertiary/aromatic N) is 4. The van der Waals surface area contributed by atoms with Crippen molar-refractivity contribution in [2.75, 3.05) is 6.61 Å². The van der Waals surface area contributed by atoms with Crippen LogP contribution in [0.25, 0.3) is 11.2 Å². The molecule has 4 rings (SSSR count). The van der Waals surface area contributed by atoms with E-state index in [1.165, 1.54) is 50.1 Å². The lowest BCUT2D eigenvalue weighted by Crippen LogP contribution is -2.37. The fourth-order valence-electron chi connectivity index (χ4n) is 4.57. The lowest BCUT2D eigenvalue weighted by molar-refractivity contribution is -0.148. The smallest absolute Gasteiger partial charge is 0.332 e. The van der Waals surface area contributed by atoms with E-state index < -0.39 is 17.1 Å². The molecule has 0 N–H and O–H groups in total. The number of benzene rings is 1. The zero-order valence-corrected chi connectivity index (χ0v) is 22.3. The first-order valence-electron chi connectivity index (χ1n) is 12.3. The fourth-order valence-corrected chi connectivity index (χ4v) is 4.80. The van der Waals surface area contributed by atoms with E-state index in [9.17, 15) is 18.8 Å². The van der Waals surface area contributed by atoms with Gasteiger partial charge in [0.1, 0.15) is 11.6 Å². The molecule has 8 nitrogen and oxygen atoms in total. The highest BCUT2D eigenvalue weighted by Crippen LogP contribution is 2.27. The number of fused-ring (bicyclic) bond motifs is 1. The molecule has 10 heteroatoms. The summed E-state index contributed by atoms with van der Waals surface area (Å²) in [6.45, 7) is 6.41. The Kier molecular flexibility index (Phi) is 9.11. The Balaban J connectivity index is 0.000000236. The highest BCUT2D eigenvalue weighted by molar-refractivity contribution is 6.31. The molecule has 0 aliphatic heterocycles. The summed E-state index contributed by atoms with van der Waals surface area (Å²) in [6.07, 6.45) is 5.70. The molecule has 1 aliphatic rings. The number of rotatable bonds is 4. The maximum Gasteiger partial charge on any atom is 0.332 e. The van der Waals surface area contributed by atoms with Gasteiger partial charge in [0.25, 0.3) is 5.56 Å². The van der Waals surface area contributed by atoms with Crippen LogP contribution in [0.5, 0.6) is 0 Å². The summed E-state index contributed by atoms with van der Waals surface area (Å²) >= 11 is 6.07. The number of carbonyl (C=O) groups is 1. The quantitative estimate of drug-likeness (QED) is 0.377. The van der Waals surface area contributed by atoms with Gasteiger partial charge < -0.3 is 9.30 Å². The van der Waals surface area contributed by atoms with Crippen molar-refractivity contribution in [3.05, 3.63) is 61.3 Å². The first kappa shape index (κ1) is 27.6. The largest absolute Gasteiger partial charge is 0.466 e. The van der Waals surface area contributed by atoms with Crippen molar-refractivity contribution in [1.82, 2.24) is 18.7 Å². The Labute approximate surface area is 214 Å². The third kappa shape index (κ3) is 5.88. The molecular weight excluding hydrogens is 487 g/mol. The van der Waals surface area contributed by atoms with E-state index in [0.29, 0.717) is 12.4 Å². The monoisotopic (exact) mass is 520 g/mol. The van der Waals surface area contributed by atoms with E-state index in [-0.39, 0.29) is 40.2 Å². The van der Waals surface area contributed by atoms with E-state index in [0.717, 1.165) is 23.3 Å². The van der Waals surface area contributed by atoms with Gasteiger partial charge in [0.2, 0.25) is 0 Å². The summed E-state index contributed by atoms with van der Waals surface area (Å²) in [5.41, 5.74) is -0.158. The summed E-state index contributed by atoms with van der Waals surface area (Å²) < 4.78 is 22.9. The van der Waals surface area contributed by atoms with Crippen LogP contribution in [0.2, 0.25) is 5.02 Å². The maximum atomic E-state index is 14.0. The van der Waals surface area contributed by atoms with Crippen molar-refractivity contribution >= 4 is 28.7 Å². The summed E-state index contributed by atoms with van der Waals surface area (Å²) in [5, 5.41) is 0.271. The van der Waals surface area contributed by atoms with Crippen LogP contribution in [-0.4, -0.2) is 31.3 Å². The van der Waals surface area contributed by atoms with E-state index >= 15 is 0 Å². The van der Waals surface area contributed by atoms with E-state index in [1.54, 1.807) is 17.6 Å². The number of aryl methyl sites for hydroxylation is 2. The molecule has 196 valence electrons. The van der Waals surface area contributed by atoms with Gasteiger partial charge in [-0.25, -0.2) is 14.2 Å². The van der Waals surface area contributed by atoms with Crippen LogP contribution in [-0.2, 0) is 30.2 Å². The Morgan fingerprint density at radius 2 is 1.89 bits per heavy atom. The van der Waals surface area contributed by atoms with Crippen molar-refractivity contribution in [3.8, 4) is 0 Å². The van der Waals surface area contributed by atoms with Crippen molar-refractivity contribution in [2.45, 2.75) is 59.4 Å². The minimum atomic E-state index is -0.476. The number of esters is 1. The van der Waals surface area contributed by atoms with Gasteiger partial charge in [-0.05, 0) is 51.2 Å². The van der Waals surface area contributed by atoms with Crippen molar-refractivity contribution in [3.63, 3.8) is 0 Å². The number of aromatic nitrogens is 4. The lowest BCUT2D eigenvalue weighted by atomic mass is 9.99. The predicted octanol–water partition coefficient (Wildman–Crippen LogP) is 4.35. The molecule has 1 aliphatic carbocycles. The number of carbonyl (C=O) groups excluding carboxylic acids is 1. The van der Waals surface area contributed by atoms with Crippen molar-refractivity contribution in [2.24, 2.45) is 25.9 Å². The van der Waals surface area contributed by atoms with E-state index in [1.807, 2.05) is 6.92 Å². The normalized spacial score (nSPS) is 17.9. The minimum Gasteiger partial charge on any atom is -0.466 e. The van der Waals surface area contributed by atoms with Crippen molar-refractivity contribution < 1.29 is 13.9 Å². The molecule has 2 heterocycles. The molecule has 0 saturated heterocycles. The Hall–Kier alpha value is -2.94. The van der Waals surface area contributed by atoms with Crippen LogP contribution < -0.4 is 11.2 Å². The second kappa shape index (κ2) is 11.9. The fraction of sp³-hybridized carbons (Fsp3) is 0.538. The van der Waals surface area contributed by atoms with Crippen LogP contribution in [0.15, 0.2) is 27.8 Å². The topological polar surface area (TPSA) is 88.1 Å². The number of hydrogen-bond acceptors (Lipinski definition) is 5. The molecule has 1 fully saturated rings. The van der Waals surface area contributed by atoms with Gasteiger partial charge in [-0.15, -0.1) is 0 Å². The van der Waals surface area contributed by atoms with Gasteiger partial charge >= 0.3 is 11.7 Å². The number of hydrogen-bond donors (Lipinski definition) is 0. The van der Waals surface area contributed by atoms with E-state index in [2.05, 4.69) is 11.9 Å². The number of halogens is 2. The number of ether oxygens (including phenoxy) is 1. The van der Waals surface area contributed by atoms with Gasteiger partial charge in [-0.1, -0.05) is 37.4 Å². The van der Waals surface area contributed by atoms with Gasteiger partial charge in [0.05, 0.1) is 19.1 Å². The van der Waals surface area contributed by atoms with Crippen LogP contribution in [0.4, 0.5) is 4.39 Å². The molecule has 1 aromatic carbocycles. The summed E-state index contributed by atoms with van der Waals surface area (Å²) in [5.74, 6) is 1.04. The van der Waals surface area contributed by atoms with Gasteiger partial charge in [0, 0.05) is 24.7 Å². The highest BCUT2D eigenvalue weighted by Gasteiger charge is 2.23. The first-order valence-corrected chi connectivity index (χ1v) is 12.7. The lowest BCUT2D eigenvalue weighted by Gasteiger charge is -2.11. The van der Waals surface area contributed by atoms with Gasteiger partial charge in [-0.2, -0.15) is 0 Å². The molecule has 36 heavy (non-hydrogen) atoms. The summed E-state index contributed by atoms with van der Waals surface area (Å²) in [6, 6.07) is 4.41. The molecule has 0 amide bonds. The van der Waals surface area contributed by atoms with Gasteiger partial charge in [-0.3, -0.25) is 18.7 Å². The average Bonchev–Trinajstić information content (AvgIpc) is 3.00. The van der Waals surface area contributed by atoms with E-state index in [4.69, 9.17) is 16.3 Å². The summed E-state index contributed by atoms with van der Waals surface area (Å²) in [7, 11) is 2.93. The molecular formula is C26H34ClFN4O4. The molecule has 2 atom stereocenters. The number of imidazole rings is 1. The van der Waals surface area contributed by atoms with Crippen LogP contribution >= 0.6 is 11.6 Å². The van der Waals surface area contributed by atoms with Crippen molar-refractivity contribution in [1.29, 1.82) is 0 Å². The molecule has 3 aromatic rings. The SMILES string of the molecule is CCOC(=O)C1CCCC(C)CC1.Cc1nc2c(c(=O)n(C)c(=O)n2C)n1Cc1c(F)cccc1Cl. The maximum absolute atomic E-state index is 14.0. The highest BCUT2D eigenvalue weighted by atomic mass is 35.5. The predicted molar refractivity (Wildman–Crippen MR) is 138 cm³/mol. The zero-order valence-electron chi connectivity index (χ0n) is 21.5. The second-order valence-corrected chi connectivity index (χ2v) is 9.79. The zero-order chi connectivity index (χ0) is 26.6. The molecule has 0 bridgehead atoms. The Bertz CT molecular complexity index is 1340. The van der Waals surface area contributed by atoms with Crippen LogP contribution in [0.3, 0.4) is 0 Å². The Morgan fingerprint density at radius 3 is 2.56 bits per heavy atom. The molecule has 1 saturated carbocycles. The first-order chi connectivity index (χ1) is 17.1. The third-order valence-corrected chi connectivity index (χ3v) is 7.15. The third-order valence-electron chi connectivity index (χ3n) is 6.79. The summed E-state index contributed by atoms with van der Waals surface area (Å²) in [4.78, 5) is 40.2. The van der Waals surface area contributed by atoms with Crippen LogP contribution in [0.1, 0.15) is 57.3 Å². The minimum absolute atomic E-state index is 0.0246. The molecule has 2 unspecified atom stereocenters. The average molecular weight is 521 g/mol. The van der Waals surface area contributed by atoms with Crippen LogP contribution in [0, 0.1) is 24.6 Å². The second-order valence-electron chi connectivity index (χ2n) is 9.39. The standard InChI is InChI=1S/C15H14ClFN4O2.C11H20O2/c1-8-18-13-12(14(22)20(3)15(23)19(13)2)21(8)7-9-10(16)5-4-6-11(9)17;1-3-13-11(12)10-6-4-5-9(2)7-8-10/h4-6H,7H2,1-3H3;9-10H,3-8H2,1-2H3.